The summed E-state index contributed by atoms with van der Waals surface area (Å²) in [5.74, 6) is 0.0605. The van der Waals surface area contributed by atoms with Crippen LogP contribution in [0.4, 0.5) is 0 Å². The molecule has 0 saturated carbocycles. The number of sulfonamides is 1. The number of rotatable bonds is 3. The fourth-order valence-corrected chi connectivity index (χ4v) is 6.40. The molecule has 1 aromatic heterocycles. The molecule has 7 nitrogen and oxygen atoms in total. The van der Waals surface area contributed by atoms with Crippen molar-refractivity contribution in [1.29, 1.82) is 0 Å². The van der Waals surface area contributed by atoms with Gasteiger partial charge < -0.3 is 10.2 Å². The zero-order valence-electron chi connectivity index (χ0n) is 13.4. The van der Waals surface area contributed by atoms with Gasteiger partial charge in [0.25, 0.3) is 10.0 Å². The number of aromatic nitrogens is 1. The Balaban J connectivity index is 1.80. The minimum atomic E-state index is -3.53. The van der Waals surface area contributed by atoms with E-state index in [4.69, 9.17) is 0 Å². The lowest BCUT2D eigenvalue weighted by atomic mass is 10.1. The van der Waals surface area contributed by atoms with Crippen LogP contribution in [0.3, 0.4) is 0 Å². The van der Waals surface area contributed by atoms with E-state index < -0.39 is 10.0 Å². The van der Waals surface area contributed by atoms with Crippen LogP contribution < -0.4 is 5.32 Å². The highest BCUT2D eigenvalue weighted by Crippen LogP contribution is 2.29. The van der Waals surface area contributed by atoms with Gasteiger partial charge in [-0.15, -0.1) is 11.3 Å². The van der Waals surface area contributed by atoms with Crippen molar-refractivity contribution in [3.05, 3.63) is 10.7 Å². The molecule has 0 spiro atoms. The number of nitrogens with zero attached hydrogens (tertiary/aromatic N) is 3. The Morgan fingerprint density at radius 1 is 1.30 bits per heavy atom. The van der Waals surface area contributed by atoms with Gasteiger partial charge in [0.1, 0.15) is 0 Å². The predicted molar refractivity (Wildman–Crippen MR) is 88.0 cm³/mol. The number of nitrogens with one attached hydrogen (secondary N) is 1. The predicted octanol–water partition coefficient (Wildman–Crippen LogP) is 0.345. The van der Waals surface area contributed by atoms with E-state index in [1.165, 1.54) is 15.6 Å². The fourth-order valence-electron chi connectivity index (χ4n) is 3.27. The first kappa shape index (κ1) is 16.8. The highest BCUT2D eigenvalue weighted by molar-refractivity contribution is 7.91. The number of hydrogen-bond donors (Lipinski definition) is 1. The van der Waals surface area contributed by atoms with Crippen LogP contribution in [0.15, 0.2) is 4.21 Å². The second kappa shape index (κ2) is 6.46. The summed E-state index contributed by atoms with van der Waals surface area (Å²) >= 11 is 1.22. The van der Waals surface area contributed by atoms with E-state index in [1.54, 1.807) is 6.92 Å². The van der Waals surface area contributed by atoms with Crippen LogP contribution in [0.5, 0.6) is 0 Å². The maximum Gasteiger partial charge on any atom is 0.254 e. The third-order valence-corrected chi connectivity index (χ3v) is 7.89. The normalized spacial score (nSPS) is 24.2. The molecular formula is C14H22N4O3S2. The van der Waals surface area contributed by atoms with Gasteiger partial charge in [-0.25, -0.2) is 13.4 Å². The average Bonchev–Trinajstić information content (AvgIpc) is 2.87. The molecule has 9 heteroatoms. The zero-order valence-corrected chi connectivity index (χ0v) is 15.0. The van der Waals surface area contributed by atoms with E-state index in [1.807, 2.05) is 11.8 Å². The first-order valence-electron chi connectivity index (χ1n) is 7.84. The standard InChI is InChI=1S/C14H22N4O3S2/c1-10-14(22-11(2)16-10)23(20,21)17-6-3-4-12(9-17)18-7-5-15-8-13(18)19/h12,15H,3-9H2,1-2H3. The smallest absolute Gasteiger partial charge is 0.254 e. The summed E-state index contributed by atoms with van der Waals surface area (Å²) in [5, 5.41) is 3.81. The second-order valence-corrected chi connectivity index (χ2v) is 9.37. The Morgan fingerprint density at radius 2 is 2.09 bits per heavy atom. The molecule has 0 bridgehead atoms. The average molecular weight is 358 g/mol. The lowest BCUT2D eigenvalue weighted by molar-refractivity contribution is -0.135. The Kier molecular flexibility index (Phi) is 4.73. The molecule has 1 atom stereocenters. The molecule has 3 rings (SSSR count). The van der Waals surface area contributed by atoms with Gasteiger partial charge in [0.15, 0.2) is 4.21 Å². The lowest BCUT2D eigenvalue weighted by Crippen LogP contribution is -2.57. The number of carbonyl (C=O) groups is 1. The summed E-state index contributed by atoms with van der Waals surface area (Å²) in [6, 6.07) is -0.0255. The van der Waals surface area contributed by atoms with Crippen molar-refractivity contribution in [1.82, 2.24) is 19.5 Å². The molecule has 3 heterocycles. The van der Waals surface area contributed by atoms with Gasteiger partial charge in [-0.2, -0.15) is 4.31 Å². The first-order chi connectivity index (χ1) is 10.9. The maximum atomic E-state index is 12.9. The van der Waals surface area contributed by atoms with Crippen molar-refractivity contribution >= 4 is 27.3 Å². The van der Waals surface area contributed by atoms with E-state index >= 15 is 0 Å². The summed E-state index contributed by atoms with van der Waals surface area (Å²) in [5.41, 5.74) is 0.563. The Labute approximate surface area is 140 Å². The number of hydrogen-bond acceptors (Lipinski definition) is 6. The van der Waals surface area contributed by atoms with Crippen LogP contribution >= 0.6 is 11.3 Å². The van der Waals surface area contributed by atoms with Gasteiger partial charge in [0.2, 0.25) is 5.91 Å². The van der Waals surface area contributed by atoms with Gasteiger partial charge in [0, 0.05) is 32.2 Å². The van der Waals surface area contributed by atoms with Crippen LogP contribution in [0, 0.1) is 13.8 Å². The Hall–Kier alpha value is -1.03. The van der Waals surface area contributed by atoms with Crippen LogP contribution in [-0.2, 0) is 14.8 Å². The number of piperidine rings is 1. The number of thiazole rings is 1. The van der Waals surface area contributed by atoms with E-state index in [9.17, 15) is 13.2 Å². The fraction of sp³-hybridized carbons (Fsp3) is 0.714. The molecule has 23 heavy (non-hydrogen) atoms. The van der Waals surface area contributed by atoms with Crippen molar-refractivity contribution < 1.29 is 13.2 Å². The maximum absolute atomic E-state index is 12.9. The molecule has 1 unspecified atom stereocenters. The topological polar surface area (TPSA) is 82.6 Å². The molecule has 1 N–H and O–H groups in total. The van der Waals surface area contributed by atoms with Crippen molar-refractivity contribution in [3.8, 4) is 0 Å². The SMILES string of the molecule is Cc1nc(C)c(S(=O)(=O)N2CCCC(N3CCNCC3=O)C2)s1. The summed E-state index contributed by atoms with van der Waals surface area (Å²) < 4.78 is 27.7. The van der Waals surface area contributed by atoms with Crippen LogP contribution in [-0.4, -0.2) is 67.3 Å². The minimum absolute atomic E-state index is 0.0255. The molecule has 2 fully saturated rings. The number of aryl methyl sites for hydroxylation is 2. The summed E-state index contributed by atoms with van der Waals surface area (Å²) in [7, 11) is -3.53. The zero-order chi connectivity index (χ0) is 16.6. The molecule has 0 aromatic carbocycles. The number of piperazine rings is 1. The van der Waals surface area contributed by atoms with Crippen LogP contribution in [0.25, 0.3) is 0 Å². The van der Waals surface area contributed by atoms with Gasteiger partial charge in [0.05, 0.1) is 17.2 Å². The third kappa shape index (κ3) is 3.28. The van der Waals surface area contributed by atoms with Crippen molar-refractivity contribution in [2.24, 2.45) is 0 Å². The molecule has 1 aromatic rings. The Bertz CT molecular complexity index is 701. The van der Waals surface area contributed by atoms with Gasteiger partial charge in [-0.05, 0) is 26.7 Å². The van der Waals surface area contributed by atoms with Gasteiger partial charge >= 0.3 is 0 Å². The van der Waals surface area contributed by atoms with E-state index in [0.29, 0.717) is 36.1 Å². The van der Waals surface area contributed by atoms with Crippen molar-refractivity contribution in [2.75, 3.05) is 32.7 Å². The molecule has 128 valence electrons. The van der Waals surface area contributed by atoms with Crippen molar-refractivity contribution in [2.45, 2.75) is 36.9 Å². The van der Waals surface area contributed by atoms with Crippen LogP contribution in [0.2, 0.25) is 0 Å². The quantitative estimate of drug-likeness (QED) is 0.843. The first-order valence-corrected chi connectivity index (χ1v) is 10.1. The van der Waals surface area contributed by atoms with E-state index in [2.05, 4.69) is 10.3 Å². The molecule has 2 aliphatic rings. The molecule has 2 saturated heterocycles. The Morgan fingerprint density at radius 3 is 2.74 bits per heavy atom. The largest absolute Gasteiger partial charge is 0.336 e. The number of amides is 1. The van der Waals surface area contributed by atoms with Crippen LogP contribution in [0.1, 0.15) is 23.5 Å². The molecule has 2 aliphatic heterocycles. The molecular weight excluding hydrogens is 336 g/mol. The summed E-state index contributed by atoms with van der Waals surface area (Å²) in [4.78, 5) is 18.1. The molecule has 0 aliphatic carbocycles. The molecule has 1 amide bonds. The van der Waals surface area contributed by atoms with E-state index in [0.717, 1.165) is 24.4 Å². The van der Waals surface area contributed by atoms with E-state index in [-0.39, 0.29) is 11.9 Å². The summed E-state index contributed by atoms with van der Waals surface area (Å²) in [6.45, 7) is 6.20. The highest BCUT2D eigenvalue weighted by atomic mass is 32.2. The monoisotopic (exact) mass is 358 g/mol. The number of carbonyl (C=O) groups excluding carboxylic acids is 1. The minimum Gasteiger partial charge on any atom is -0.336 e. The molecule has 0 radical (unpaired) electrons. The lowest BCUT2D eigenvalue weighted by Gasteiger charge is -2.40. The van der Waals surface area contributed by atoms with Crippen molar-refractivity contribution in [3.63, 3.8) is 0 Å². The summed E-state index contributed by atoms with van der Waals surface area (Å²) in [6.07, 6.45) is 1.64. The second-order valence-electron chi connectivity index (χ2n) is 6.03. The van der Waals surface area contributed by atoms with Gasteiger partial charge in [-0.1, -0.05) is 0 Å². The van der Waals surface area contributed by atoms with Gasteiger partial charge in [-0.3, -0.25) is 4.79 Å². The highest BCUT2D eigenvalue weighted by Gasteiger charge is 2.36. The third-order valence-electron chi connectivity index (χ3n) is 4.36.